The SMILES string of the molecule is CCc1nn(C)c(CNCC(=O)NCC(C)C)c1Cl. The zero-order chi connectivity index (χ0) is 14.4. The number of aromatic nitrogens is 2. The molecule has 1 heterocycles. The van der Waals surface area contributed by atoms with Gasteiger partial charge in [-0.3, -0.25) is 9.48 Å². The maximum atomic E-state index is 11.5. The van der Waals surface area contributed by atoms with E-state index in [1.54, 1.807) is 4.68 Å². The van der Waals surface area contributed by atoms with Gasteiger partial charge in [-0.15, -0.1) is 0 Å². The third-order valence-corrected chi connectivity index (χ3v) is 3.22. The van der Waals surface area contributed by atoms with Crippen molar-refractivity contribution in [2.24, 2.45) is 13.0 Å². The predicted molar refractivity (Wildman–Crippen MR) is 77.2 cm³/mol. The molecule has 0 spiro atoms. The van der Waals surface area contributed by atoms with Crippen LogP contribution in [0, 0.1) is 5.92 Å². The minimum Gasteiger partial charge on any atom is -0.355 e. The Kier molecular flexibility index (Phi) is 6.31. The molecular formula is C13H23ClN4O. The second-order valence-electron chi connectivity index (χ2n) is 4.99. The third kappa shape index (κ3) is 4.84. The van der Waals surface area contributed by atoms with Crippen molar-refractivity contribution in [1.29, 1.82) is 0 Å². The molecule has 6 heteroatoms. The van der Waals surface area contributed by atoms with Gasteiger partial charge >= 0.3 is 0 Å². The van der Waals surface area contributed by atoms with Crippen molar-refractivity contribution < 1.29 is 4.79 Å². The minimum absolute atomic E-state index is 0.00251. The molecule has 0 atom stereocenters. The van der Waals surface area contributed by atoms with E-state index in [9.17, 15) is 4.79 Å². The van der Waals surface area contributed by atoms with Gasteiger partial charge in [0.05, 0.1) is 23.0 Å². The minimum atomic E-state index is 0.00251. The van der Waals surface area contributed by atoms with Crippen LogP contribution in [0.2, 0.25) is 5.02 Å². The molecule has 108 valence electrons. The first-order chi connectivity index (χ1) is 8.95. The van der Waals surface area contributed by atoms with Crippen molar-refractivity contribution in [2.75, 3.05) is 13.1 Å². The molecule has 0 fully saturated rings. The lowest BCUT2D eigenvalue weighted by atomic mass is 10.2. The maximum absolute atomic E-state index is 11.5. The molecule has 1 aromatic heterocycles. The van der Waals surface area contributed by atoms with Gasteiger partial charge < -0.3 is 10.6 Å². The Morgan fingerprint density at radius 2 is 2.16 bits per heavy atom. The van der Waals surface area contributed by atoms with Crippen LogP contribution < -0.4 is 10.6 Å². The van der Waals surface area contributed by atoms with Crippen LogP contribution in [-0.4, -0.2) is 28.8 Å². The molecule has 1 amide bonds. The average Bonchev–Trinajstić information content (AvgIpc) is 2.63. The summed E-state index contributed by atoms with van der Waals surface area (Å²) in [5.41, 5.74) is 1.81. The highest BCUT2D eigenvalue weighted by molar-refractivity contribution is 6.31. The second-order valence-corrected chi connectivity index (χ2v) is 5.36. The molecule has 0 radical (unpaired) electrons. The van der Waals surface area contributed by atoms with Gasteiger partial charge in [0.15, 0.2) is 0 Å². The standard InChI is InChI=1S/C13H23ClN4O/c1-5-10-13(14)11(18(4)17-10)7-15-8-12(19)16-6-9(2)3/h9,15H,5-8H2,1-4H3,(H,16,19). The van der Waals surface area contributed by atoms with Crippen LogP contribution in [0.25, 0.3) is 0 Å². The van der Waals surface area contributed by atoms with Gasteiger partial charge in [0.25, 0.3) is 0 Å². The van der Waals surface area contributed by atoms with Gasteiger partial charge in [0, 0.05) is 20.1 Å². The number of nitrogens with zero attached hydrogens (tertiary/aromatic N) is 2. The van der Waals surface area contributed by atoms with Crippen LogP contribution in [0.5, 0.6) is 0 Å². The van der Waals surface area contributed by atoms with Gasteiger partial charge in [-0.2, -0.15) is 5.10 Å². The fourth-order valence-electron chi connectivity index (χ4n) is 1.69. The van der Waals surface area contributed by atoms with Gasteiger partial charge in [0.2, 0.25) is 5.91 Å². The molecular weight excluding hydrogens is 264 g/mol. The quantitative estimate of drug-likeness (QED) is 0.799. The number of aryl methyl sites for hydroxylation is 2. The van der Waals surface area contributed by atoms with E-state index in [0.717, 1.165) is 17.8 Å². The lowest BCUT2D eigenvalue weighted by Gasteiger charge is -2.09. The molecule has 0 bridgehead atoms. The molecule has 1 rings (SSSR count). The molecule has 19 heavy (non-hydrogen) atoms. The van der Waals surface area contributed by atoms with Crippen LogP contribution in [0.4, 0.5) is 0 Å². The zero-order valence-corrected chi connectivity index (χ0v) is 12.8. The van der Waals surface area contributed by atoms with Crippen molar-refractivity contribution in [3.8, 4) is 0 Å². The van der Waals surface area contributed by atoms with Gasteiger partial charge in [-0.1, -0.05) is 32.4 Å². The Morgan fingerprint density at radius 3 is 2.68 bits per heavy atom. The Bertz CT molecular complexity index is 429. The highest BCUT2D eigenvalue weighted by Crippen LogP contribution is 2.20. The van der Waals surface area contributed by atoms with Crippen LogP contribution >= 0.6 is 11.6 Å². The van der Waals surface area contributed by atoms with Crippen molar-refractivity contribution in [3.63, 3.8) is 0 Å². The van der Waals surface area contributed by atoms with Gasteiger partial charge in [0.1, 0.15) is 0 Å². The number of nitrogens with one attached hydrogen (secondary N) is 2. The normalized spacial score (nSPS) is 11.1. The number of halogens is 1. The summed E-state index contributed by atoms with van der Waals surface area (Å²) in [6.45, 7) is 7.68. The smallest absolute Gasteiger partial charge is 0.233 e. The fourth-order valence-corrected chi connectivity index (χ4v) is 2.05. The number of hydrogen-bond acceptors (Lipinski definition) is 3. The summed E-state index contributed by atoms with van der Waals surface area (Å²) in [6, 6.07) is 0. The van der Waals surface area contributed by atoms with E-state index >= 15 is 0 Å². The zero-order valence-electron chi connectivity index (χ0n) is 12.1. The lowest BCUT2D eigenvalue weighted by Crippen LogP contribution is -2.35. The fraction of sp³-hybridized carbons (Fsp3) is 0.692. The molecule has 0 aromatic carbocycles. The van der Waals surface area contributed by atoms with E-state index < -0.39 is 0 Å². The summed E-state index contributed by atoms with van der Waals surface area (Å²) < 4.78 is 1.76. The number of amides is 1. The summed E-state index contributed by atoms with van der Waals surface area (Å²) in [4.78, 5) is 11.5. The first-order valence-corrected chi connectivity index (χ1v) is 7.01. The first-order valence-electron chi connectivity index (χ1n) is 6.63. The molecule has 2 N–H and O–H groups in total. The third-order valence-electron chi connectivity index (χ3n) is 2.79. The van der Waals surface area contributed by atoms with Crippen molar-refractivity contribution in [3.05, 3.63) is 16.4 Å². The molecule has 1 aromatic rings. The largest absolute Gasteiger partial charge is 0.355 e. The van der Waals surface area contributed by atoms with Gasteiger partial charge in [-0.05, 0) is 12.3 Å². The molecule has 0 unspecified atom stereocenters. The molecule has 5 nitrogen and oxygen atoms in total. The molecule has 0 aliphatic rings. The Hall–Kier alpha value is -1.07. The van der Waals surface area contributed by atoms with E-state index in [-0.39, 0.29) is 12.5 Å². The molecule has 0 saturated carbocycles. The van der Waals surface area contributed by atoms with Crippen molar-refractivity contribution >= 4 is 17.5 Å². The Morgan fingerprint density at radius 1 is 1.47 bits per heavy atom. The topological polar surface area (TPSA) is 59.0 Å². The molecule has 0 aliphatic carbocycles. The molecule has 0 saturated heterocycles. The molecule has 0 aliphatic heterocycles. The Labute approximate surface area is 119 Å². The van der Waals surface area contributed by atoms with E-state index in [1.807, 2.05) is 14.0 Å². The van der Waals surface area contributed by atoms with Crippen LogP contribution in [0.1, 0.15) is 32.2 Å². The predicted octanol–water partition coefficient (Wildman–Crippen LogP) is 1.50. The van der Waals surface area contributed by atoms with E-state index in [2.05, 4.69) is 29.6 Å². The summed E-state index contributed by atoms with van der Waals surface area (Å²) in [5.74, 6) is 0.463. The summed E-state index contributed by atoms with van der Waals surface area (Å²) in [7, 11) is 1.86. The second kappa shape index (κ2) is 7.50. The lowest BCUT2D eigenvalue weighted by molar-refractivity contribution is -0.120. The van der Waals surface area contributed by atoms with E-state index in [0.29, 0.717) is 24.0 Å². The summed E-state index contributed by atoms with van der Waals surface area (Å²) in [6.07, 6.45) is 0.807. The highest BCUT2D eigenvalue weighted by Gasteiger charge is 2.12. The van der Waals surface area contributed by atoms with Gasteiger partial charge in [-0.25, -0.2) is 0 Å². The first kappa shape index (κ1) is 16.0. The van der Waals surface area contributed by atoms with E-state index in [4.69, 9.17) is 11.6 Å². The van der Waals surface area contributed by atoms with Crippen LogP contribution in [-0.2, 0) is 24.8 Å². The highest BCUT2D eigenvalue weighted by atomic mass is 35.5. The number of rotatable bonds is 7. The summed E-state index contributed by atoms with van der Waals surface area (Å²) >= 11 is 6.22. The monoisotopic (exact) mass is 286 g/mol. The van der Waals surface area contributed by atoms with Crippen molar-refractivity contribution in [2.45, 2.75) is 33.7 Å². The van der Waals surface area contributed by atoms with Crippen LogP contribution in [0.15, 0.2) is 0 Å². The number of hydrogen-bond donors (Lipinski definition) is 2. The number of carbonyl (C=O) groups excluding carboxylic acids is 1. The summed E-state index contributed by atoms with van der Waals surface area (Å²) in [5, 5.41) is 11.0. The van der Waals surface area contributed by atoms with Crippen LogP contribution in [0.3, 0.4) is 0 Å². The van der Waals surface area contributed by atoms with E-state index in [1.165, 1.54) is 0 Å². The average molecular weight is 287 g/mol. The maximum Gasteiger partial charge on any atom is 0.233 e. The van der Waals surface area contributed by atoms with Crippen molar-refractivity contribution in [1.82, 2.24) is 20.4 Å². The Balaban J connectivity index is 2.41. The number of carbonyl (C=O) groups is 1.